The molecule has 1 aliphatic heterocycles. The molecular weight excluding hydrogens is 209 g/mol. The van der Waals surface area contributed by atoms with Gasteiger partial charge in [0.1, 0.15) is 5.82 Å². The summed E-state index contributed by atoms with van der Waals surface area (Å²) in [4.78, 5) is 2.11. The molecule has 2 heterocycles. The largest absolute Gasteiger partial charge is 0.378 e. The molecule has 0 aliphatic carbocycles. The van der Waals surface area contributed by atoms with Crippen LogP contribution >= 0.6 is 0 Å². The van der Waals surface area contributed by atoms with E-state index >= 15 is 0 Å². The van der Waals surface area contributed by atoms with E-state index in [2.05, 4.69) is 15.1 Å². The van der Waals surface area contributed by atoms with Crippen molar-refractivity contribution in [3.63, 3.8) is 0 Å². The van der Waals surface area contributed by atoms with E-state index in [1.54, 1.807) is 6.07 Å². The first kappa shape index (κ1) is 9.59. The lowest BCUT2D eigenvalue weighted by Crippen LogP contribution is -2.36. The highest BCUT2D eigenvalue weighted by molar-refractivity contribution is 5.90. The van der Waals surface area contributed by atoms with Crippen LogP contribution in [0.5, 0.6) is 0 Å². The monoisotopic (exact) mass is 221 g/mol. The van der Waals surface area contributed by atoms with Crippen LogP contribution < -0.4 is 4.90 Å². The molecule has 0 atom stereocenters. The number of benzene rings is 1. The lowest BCUT2D eigenvalue weighted by atomic mass is 10.2. The molecule has 1 fully saturated rings. The van der Waals surface area contributed by atoms with Crippen LogP contribution in [0.15, 0.2) is 18.2 Å². The number of morpholine rings is 1. The molecule has 84 valence electrons. The zero-order valence-corrected chi connectivity index (χ0v) is 8.74. The summed E-state index contributed by atoms with van der Waals surface area (Å²) >= 11 is 0. The minimum atomic E-state index is -0.233. The van der Waals surface area contributed by atoms with Crippen molar-refractivity contribution in [2.75, 3.05) is 31.2 Å². The predicted octanol–water partition coefficient (Wildman–Crippen LogP) is 1.54. The van der Waals surface area contributed by atoms with Gasteiger partial charge in [-0.05, 0) is 18.2 Å². The smallest absolute Gasteiger partial charge is 0.158 e. The number of nitrogens with zero attached hydrogens (tertiary/aromatic N) is 2. The summed E-state index contributed by atoms with van der Waals surface area (Å²) in [7, 11) is 0. The number of aromatic amines is 1. The number of fused-ring (bicyclic) bond motifs is 1. The Morgan fingerprint density at radius 2 is 2.12 bits per heavy atom. The fourth-order valence-electron chi connectivity index (χ4n) is 1.99. The Morgan fingerprint density at radius 3 is 2.94 bits per heavy atom. The van der Waals surface area contributed by atoms with Crippen LogP contribution in [0.1, 0.15) is 0 Å². The van der Waals surface area contributed by atoms with Gasteiger partial charge in [0.2, 0.25) is 0 Å². The van der Waals surface area contributed by atoms with Crippen LogP contribution in [-0.4, -0.2) is 36.5 Å². The highest BCUT2D eigenvalue weighted by Gasteiger charge is 2.16. The van der Waals surface area contributed by atoms with Crippen LogP contribution in [0, 0.1) is 5.82 Å². The average Bonchev–Trinajstić information content (AvgIpc) is 2.73. The van der Waals surface area contributed by atoms with Crippen molar-refractivity contribution in [3.05, 3.63) is 24.0 Å². The van der Waals surface area contributed by atoms with E-state index in [1.807, 2.05) is 0 Å². The molecule has 1 aromatic heterocycles. The number of halogens is 1. The molecule has 0 amide bonds. The zero-order valence-electron chi connectivity index (χ0n) is 8.74. The second kappa shape index (κ2) is 3.75. The maximum atomic E-state index is 13.2. The molecule has 0 bridgehead atoms. The summed E-state index contributed by atoms with van der Waals surface area (Å²) in [6.07, 6.45) is 0. The van der Waals surface area contributed by atoms with E-state index in [0.29, 0.717) is 13.2 Å². The van der Waals surface area contributed by atoms with E-state index in [-0.39, 0.29) is 5.82 Å². The highest BCUT2D eigenvalue weighted by Crippen LogP contribution is 2.25. The first-order valence-electron chi connectivity index (χ1n) is 5.31. The normalized spacial score (nSPS) is 16.9. The number of anilines is 1. The molecule has 2 aromatic rings. The summed E-state index contributed by atoms with van der Waals surface area (Å²) in [5.41, 5.74) is 0.864. The van der Waals surface area contributed by atoms with Gasteiger partial charge >= 0.3 is 0 Å². The molecule has 1 saturated heterocycles. The van der Waals surface area contributed by atoms with Crippen molar-refractivity contribution in [3.8, 4) is 0 Å². The van der Waals surface area contributed by atoms with Crippen LogP contribution in [0.4, 0.5) is 10.2 Å². The zero-order chi connectivity index (χ0) is 11.0. The van der Waals surface area contributed by atoms with Gasteiger partial charge in [-0.1, -0.05) is 0 Å². The SMILES string of the molecule is Fc1ccc2[nH]nc(N3CCOCC3)c2c1. The van der Waals surface area contributed by atoms with Crippen molar-refractivity contribution in [1.29, 1.82) is 0 Å². The highest BCUT2D eigenvalue weighted by atomic mass is 19.1. The first-order chi connectivity index (χ1) is 7.84. The summed E-state index contributed by atoms with van der Waals surface area (Å²) < 4.78 is 18.5. The van der Waals surface area contributed by atoms with E-state index in [1.165, 1.54) is 12.1 Å². The van der Waals surface area contributed by atoms with Gasteiger partial charge < -0.3 is 9.64 Å². The van der Waals surface area contributed by atoms with Crippen LogP contribution in [0.25, 0.3) is 10.9 Å². The van der Waals surface area contributed by atoms with Gasteiger partial charge in [-0.3, -0.25) is 5.10 Å². The van der Waals surface area contributed by atoms with Gasteiger partial charge in [0.05, 0.1) is 18.7 Å². The number of hydrogen-bond acceptors (Lipinski definition) is 3. The topological polar surface area (TPSA) is 41.2 Å². The van der Waals surface area contributed by atoms with Crippen molar-refractivity contribution in [1.82, 2.24) is 10.2 Å². The predicted molar refractivity (Wildman–Crippen MR) is 59.1 cm³/mol. The van der Waals surface area contributed by atoms with E-state index in [9.17, 15) is 4.39 Å². The van der Waals surface area contributed by atoms with Gasteiger partial charge in [-0.25, -0.2) is 4.39 Å². The van der Waals surface area contributed by atoms with Crippen LogP contribution in [0.2, 0.25) is 0 Å². The molecular formula is C11H12FN3O. The maximum absolute atomic E-state index is 13.2. The number of hydrogen-bond donors (Lipinski definition) is 1. The molecule has 1 aliphatic rings. The second-order valence-electron chi connectivity index (χ2n) is 3.84. The first-order valence-corrected chi connectivity index (χ1v) is 5.31. The Hall–Kier alpha value is -1.62. The Kier molecular flexibility index (Phi) is 2.25. The Morgan fingerprint density at radius 1 is 1.31 bits per heavy atom. The van der Waals surface area contributed by atoms with Gasteiger partial charge in [0.25, 0.3) is 0 Å². The van der Waals surface area contributed by atoms with Crippen LogP contribution in [0.3, 0.4) is 0 Å². The van der Waals surface area contributed by atoms with E-state index in [0.717, 1.165) is 29.8 Å². The number of aromatic nitrogens is 2. The molecule has 0 spiro atoms. The number of H-pyrrole nitrogens is 1. The van der Waals surface area contributed by atoms with Crippen molar-refractivity contribution in [2.24, 2.45) is 0 Å². The van der Waals surface area contributed by atoms with Crippen molar-refractivity contribution >= 4 is 16.7 Å². The fraction of sp³-hybridized carbons (Fsp3) is 0.364. The lowest BCUT2D eigenvalue weighted by Gasteiger charge is -2.26. The molecule has 4 nitrogen and oxygen atoms in total. The third-order valence-corrected chi connectivity index (χ3v) is 2.82. The average molecular weight is 221 g/mol. The second-order valence-corrected chi connectivity index (χ2v) is 3.84. The summed E-state index contributed by atoms with van der Waals surface area (Å²) in [5.74, 6) is 0.584. The quantitative estimate of drug-likeness (QED) is 0.794. The molecule has 16 heavy (non-hydrogen) atoms. The third kappa shape index (κ3) is 1.53. The molecule has 0 saturated carbocycles. The summed E-state index contributed by atoms with van der Waals surface area (Å²) in [6.45, 7) is 3.00. The standard InChI is InChI=1S/C11H12FN3O/c12-8-1-2-10-9(7-8)11(14-13-10)15-3-5-16-6-4-15/h1-2,7H,3-6H2,(H,13,14). The van der Waals surface area contributed by atoms with Crippen molar-refractivity contribution in [2.45, 2.75) is 0 Å². The Bertz CT molecular complexity index is 505. The molecule has 0 unspecified atom stereocenters. The summed E-state index contributed by atoms with van der Waals surface area (Å²) in [6, 6.07) is 4.66. The van der Waals surface area contributed by atoms with E-state index in [4.69, 9.17) is 4.74 Å². The summed E-state index contributed by atoms with van der Waals surface area (Å²) in [5, 5.41) is 7.99. The minimum absolute atomic E-state index is 0.233. The Labute approximate surface area is 92.0 Å². The third-order valence-electron chi connectivity index (χ3n) is 2.82. The lowest BCUT2D eigenvalue weighted by molar-refractivity contribution is 0.122. The number of ether oxygens (including phenoxy) is 1. The maximum Gasteiger partial charge on any atom is 0.158 e. The number of rotatable bonds is 1. The van der Waals surface area contributed by atoms with Gasteiger partial charge in [0, 0.05) is 18.5 Å². The molecule has 1 aromatic carbocycles. The van der Waals surface area contributed by atoms with Gasteiger partial charge in [0.15, 0.2) is 5.82 Å². The van der Waals surface area contributed by atoms with Crippen LogP contribution in [-0.2, 0) is 4.74 Å². The molecule has 3 rings (SSSR count). The molecule has 0 radical (unpaired) electrons. The van der Waals surface area contributed by atoms with Crippen molar-refractivity contribution < 1.29 is 9.13 Å². The van der Waals surface area contributed by atoms with Gasteiger partial charge in [-0.15, -0.1) is 0 Å². The fourth-order valence-corrected chi connectivity index (χ4v) is 1.99. The number of nitrogens with one attached hydrogen (secondary N) is 1. The molecule has 5 heteroatoms. The molecule has 1 N–H and O–H groups in total. The van der Waals surface area contributed by atoms with E-state index < -0.39 is 0 Å². The Balaban J connectivity index is 2.05. The minimum Gasteiger partial charge on any atom is -0.378 e. The van der Waals surface area contributed by atoms with Gasteiger partial charge in [-0.2, -0.15) is 5.10 Å².